The molecule has 10 heteroatoms. The van der Waals surface area contributed by atoms with E-state index in [4.69, 9.17) is 9.47 Å². The molecule has 1 aliphatic rings. The van der Waals surface area contributed by atoms with Crippen molar-refractivity contribution in [1.82, 2.24) is 16.0 Å². The smallest absolute Gasteiger partial charge is 0.408 e. The largest absolute Gasteiger partial charge is 0.480 e. The second kappa shape index (κ2) is 8.04. The van der Waals surface area contributed by atoms with Crippen LogP contribution in [0.2, 0.25) is 0 Å². The van der Waals surface area contributed by atoms with E-state index in [1.807, 2.05) is 0 Å². The summed E-state index contributed by atoms with van der Waals surface area (Å²) >= 11 is 0. The molecule has 1 aliphatic heterocycles. The third-order valence-corrected chi connectivity index (χ3v) is 3.44. The maximum atomic E-state index is 12.2. The van der Waals surface area contributed by atoms with Crippen molar-refractivity contribution in [1.29, 1.82) is 0 Å². The second-order valence-corrected chi connectivity index (χ2v) is 6.67. The van der Waals surface area contributed by atoms with E-state index in [0.29, 0.717) is 0 Å². The van der Waals surface area contributed by atoms with Crippen LogP contribution in [-0.2, 0) is 19.1 Å². The van der Waals surface area contributed by atoms with Crippen molar-refractivity contribution in [2.45, 2.75) is 58.3 Å². The van der Waals surface area contributed by atoms with Crippen molar-refractivity contribution in [3.63, 3.8) is 0 Å². The number of esters is 1. The van der Waals surface area contributed by atoms with Crippen LogP contribution in [0.1, 0.15) is 34.6 Å². The van der Waals surface area contributed by atoms with Gasteiger partial charge in [0.1, 0.15) is 5.60 Å². The van der Waals surface area contributed by atoms with Crippen molar-refractivity contribution < 1.29 is 33.8 Å². The summed E-state index contributed by atoms with van der Waals surface area (Å²) in [4.78, 5) is 47.5. The number of carbonyl (C=O) groups is 4. The van der Waals surface area contributed by atoms with Crippen LogP contribution in [0.3, 0.4) is 0 Å². The summed E-state index contributed by atoms with van der Waals surface area (Å²) in [6.07, 6.45) is -0.969. The van der Waals surface area contributed by atoms with Crippen LogP contribution in [-0.4, -0.2) is 59.5 Å². The molecule has 4 N–H and O–H groups in total. The summed E-state index contributed by atoms with van der Waals surface area (Å²) in [6, 6.07) is -4.10. The molecular formula is C15H25N3O7. The standard InChI is InChI=1S/C15H25N3O7/c1-6-24-12(21)8-7(2)16-13(22)17-9(8)10(11(19)20)18-14(23)25-15(3,4)5/h7-10H,6H2,1-5H3,(H,18,23)(H,19,20)(H2,16,17,22)/t7?,8?,9-,10-/m0/s1. The highest BCUT2D eigenvalue weighted by Crippen LogP contribution is 2.20. The molecule has 1 fully saturated rings. The predicted molar refractivity (Wildman–Crippen MR) is 85.8 cm³/mol. The number of hydrogen-bond acceptors (Lipinski definition) is 6. The number of carbonyl (C=O) groups excluding carboxylic acids is 3. The number of hydrogen-bond donors (Lipinski definition) is 4. The molecule has 0 spiro atoms. The van der Waals surface area contributed by atoms with Crippen molar-refractivity contribution in [2.75, 3.05) is 6.61 Å². The van der Waals surface area contributed by atoms with E-state index in [2.05, 4.69) is 16.0 Å². The zero-order valence-corrected chi connectivity index (χ0v) is 14.9. The Hall–Kier alpha value is -2.52. The fraction of sp³-hybridized carbons (Fsp3) is 0.733. The van der Waals surface area contributed by atoms with E-state index >= 15 is 0 Å². The van der Waals surface area contributed by atoms with Gasteiger partial charge in [-0.2, -0.15) is 0 Å². The Morgan fingerprint density at radius 2 is 1.88 bits per heavy atom. The predicted octanol–water partition coefficient (Wildman–Crippen LogP) is 0.214. The SMILES string of the molecule is CCOC(=O)C1C(C)NC(=O)N[C@@H]1[C@H](NC(=O)OC(C)(C)C)C(=O)O. The van der Waals surface area contributed by atoms with Crippen LogP contribution in [0.4, 0.5) is 9.59 Å². The van der Waals surface area contributed by atoms with E-state index < -0.39 is 53.7 Å². The summed E-state index contributed by atoms with van der Waals surface area (Å²) in [6.45, 7) is 8.13. The number of amides is 3. The summed E-state index contributed by atoms with van der Waals surface area (Å²) in [5.74, 6) is -3.10. The molecule has 142 valence electrons. The van der Waals surface area contributed by atoms with Gasteiger partial charge in [-0.05, 0) is 34.6 Å². The Morgan fingerprint density at radius 3 is 2.36 bits per heavy atom. The van der Waals surface area contributed by atoms with Crippen molar-refractivity contribution in [2.24, 2.45) is 5.92 Å². The third kappa shape index (κ3) is 5.80. The minimum absolute atomic E-state index is 0.0972. The lowest BCUT2D eigenvalue weighted by atomic mass is 9.86. The monoisotopic (exact) mass is 359 g/mol. The molecule has 1 heterocycles. The zero-order valence-electron chi connectivity index (χ0n) is 14.9. The van der Waals surface area contributed by atoms with E-state index in [9.17, 15) is 24.3 Å². The van der Waals surface area contributed by atoms with Crippen LogP contribution in [0.5, 0.6) is 0 Å². The number of aliphatic carboxylic acids is 1. The Balaban J connectivity index is 3.07. The highest BCUT2D eigenvalue weighted by molar-refractivity contribution is 5.87. The Morgan fingerprint density at radius 1 is 1.28 bits per heavy atom. The topological polar surface area (TPSA) is 143 Å². The second-order valence-electron chi connectivity index (χ2n) is 6.67. The van der Waals surface area contributed by atoms with Gasteiger partial charge >= 0.3 is 24.1 Å². The Labute approximate surface area is 145 Å². The molecule has 1 saturated heterocycles. The third-order valence-electron chi connectivity index (χ3n) is 3.44. The molecule has 2 unspecified atom stereocenters. The summed E-state index contributed by atoms with van der Waals surface area (Å²) < 4.78 is 10.0. The van der Waals surface area contributed by atoms with Crippen LogP contribution in [0.15, 0.2) is 0 Å². The Bertz CT molecular complexity index is 544. The first-order chi connectivity index (χ1) is 11.5. The average Bonchev–Trinajstić information content (AvgIpc) is 2.41. The summed E-state index contributed by atoms with van der Waals surface area (Å²) in [5, 5.41) is 16.6. The van der Waals surface area contributed by atoms with Crippen molar-refractivity contribution in [3.8, 4) is 0 Å². The van der Waals surface area contributed by atoms with Gasteiger partial charge in [-0.25, -0.2) is 14.4 Å². The lowest BCUT2D eigenvalue weighted by molar-refractivity contribution is -0.152. The molecule has 0 aliphatic carbocycles. The van der Waals surface area contributed by atoms with Gasteiger partial charge in [-0.1, -0.05) is 0 Å². The van der Waals surface area contributed by atoms with Gasteiger partial charge in [0.05, 0.1) is 18.6 Å². The molecule has 0 saturated carbocycles. The normalized spacial score (nSPS) is 24.4. The van der Waals surface area contributed by atoms with Crippen LogP contribution in [0.25, 0.3) is 0 Å². The number of carboxylic acids is 1. The van der Waals surface area contributed by atoms with Crippen LogP contribution >= 0.6 is 0 Å². The van der Waals surface area contributed by atoms with Gasteiger partial charge in [-0.3, -0.25) is 4.79 Å². The van der Waals surface area contributed by atoms with E-state index in [1.165, 1.54) is 0 Å². The number of rotatable bonds is 5. The Kier molecular flexibility index (Phi) is 6.60. The molecule has 3 amide bonds. The zero-order chi connectivity index (χ0) is 19.4. The number of alkyl carbamates (subject to hydrolysis) is 1. The van der Waals surface area contributed by atoms with E-state index in [0.717, 1.165) is 0 Å². The van der Waals surface area contributed by atoms with Crippen LogP contribution < -0.4 is 16.0 Å². The first-order valence-corrected chi connectivity index (χ1v) is 7.92. The molecular weight excluding hydrogens is 334 g/mol. The molecule has 0 aromatic rings. The molecule has 10 nitrogen and oxygen atoms in total. The van der Waals surface area contributed by atoms with Gasteiger partial charge in [0.2, 0.25) is 0 Å². The summed E-state index contributed by atoms with van der Waals surface area (Å²) in [5.41, 5.74) is -0.835. The number of ether oxygens (including phenoxy) is 2. The molecule has 4 atom stereocenters. The lowest BCUT2D eigenvalue weighted by Crippen LogP contribution is -2.69. The van der Waals surface area contributed by atoms with Gasteiger partial charge in [-0.15, -0.1) is 0 Å². The number of nitrogens with one attached hydrogen (secondary N) is 3. The maximum absolute atomic E-state index is 12.2. The average molecular weight is 359 g/mol. The molecule has 1 rings (SSSR count). The van der Waals surface area contributed by atoms with Gasteiger partial charge in [0, 0.05) is 6.04 Å². The molecule has 0 aromatic heterocycles. The molecule has 0 aromatic carbocycles. The molecule has 0 bridgehead atoms. The number of urea groups is 1. The van der Waals surface area contributed by atoms with Crippen molar-refractivity contribution >= 4 is 24.1 Å². The highest BCUT2D eigenvalue weighted by atomic mass is 16.6. The van der Waals surface area contributed by atoms with Crippen LogP contribution in [0, 0.1) is 5.92 Å². The van der Waals surface area contributed by atoms with E-state index in [1.54, 1.807) is 34.6 Å². The fourth-order valence-corrected chi connectivity index (χ4v) is 2.51. The van der Waals surface area contributed by atoms with Gasteiger partial charge in [0.15, 0.2) is 6.04 Å². The maximum Gasteiger partial charge on any atom is 0.408 e. The van der Waals surface area contributed by atoms with Gasteiger partial charge < -0.3 is 30.5 Å². The highest BCUT2D eigenvalue weighted by Gasteiger charge is 2.47. The molecule has 0 radical (unpaired) electrons. The number of carboxylic acid groups (broad SMARTS) is 1. The minimum Gasteiger partial charge on any atom is -0.480 e. The van der Waals surface area contributed by atoms with E-state index in [-0.39, 0.29) is 6.61 Å². The first kappa shape index (κ1) is 20.5. The minimum atomic E-state index is -1.57. The quantitative estimate of drug-likeness (QED) is 0.514. The van der Waals surface area contributed by atoms with Gasteiger partial charge in [0.25, 0.3) is 0 Å². The van der Waals surface area contributed by atoms with Crippen molar-refractivity contribution in [3.05, 3.63) is 0 Å². The molecule has 25 heavy (non-hydrogen) atoms. The fourth-order valence-electron chi connectivity index (χ4n) is 2.51. The summed E-state index contributed by atoms with van der Waals surface area (Å²) in [7, 11) is 0. The first-order valence-electron chi connectivity index (χ1n) is 7.92. The lowest BCUT2D eigenvalue weighted by Gasteiger charge is -2.38.